The Kier molecular flexibility index (Phi) is 3.94. The van der Waals surface area contributed by atoms with Gasteiger partial charge in [0, 0.05) is 12.1 Å². The fraction of sp³-hybridized carbons (Fsp3) is 0.400. The summed E-state index contributed by atoms with van der Waals surface area (Å²) in [5, 5.41) is 4.41. The monoisotopic (exact) mass is 292 g/mol. The van der Waals surface area contributed by atoms with Crippen molar-refractivity contribution in [2.24, 2.45) is 0 Å². The van der Waals surface area contributed by atoms with E-state index in [2.05, 4.69) is 17.1 Å². The Labute approximate surface area is 123 Å². The van der Waals surface area contributed by atoms with Gasteiger partial charge in [0.25, 0.3) is 5.88 Å². The van der Waals surface area contributed by atoms with E-state index < -0.39 is 0 Å². The van der Waals surface area contributed by atoms with Crippen LogP contribution in [-0.4, -0.2) is 36.3 Å². The third-order valence-corrected chi connectivity index (χ3v) is 3.84. The molecule has 3 rings (SSSR count). The van der Waals surface area contributed by atoms with Gasteiger partial charge >= 0.3 is 0 Å². The highest BCUT2D eigenvalue weighted by molar-refractivity contribution is 6.34. The number of likely N-dealkylation sites (N-methyl/N-ethyl adjacent to an activating group) is 1. The van der Waals surface area contributed by atoms with Crippen LogP contribution in [0.2, 0.25) is 5.02 Å². The maximum Gasteiger partial charge on any atom is 0.274 e. The topological polar surface area (TPSA) is 38.5 Å². The predicted molar refractivity (Wildman–Crippen MR) is 78.1 cm³/mol. The summed E-state index contributed by atoms with van der Waals surface area (Å²) < 4.78 is 11.2. The van der Waals surface area contributed by atoms with Crippen molar-refractivity contribution < 1.29 is 9.26 Å². The molecule has 1 atom stereocenters. The zero-order valence-electron chi connectivity index (χ0n) is 11.4. The summed E-state index contributed by atoms with van der Waals surface area (Å²) in [6.07, 6.45) is 2.27. The standard InChI is InChI=1S/C15H17ClN2O2/c1-18-9-5-8-12(10-18)19-15-13(16)14(20-17-15)11-6-3-2-4-7-11/h2-4,6-7,12H,5,8-10H2,1H3. The van der Waals surface area contributed by atoms with Crippen molar-refractivity contribution in [2.45, 2.75) is 18.9 Å². The van der Waals surface area contributed by atoms with E-state index in [9.17, 15) is 0 Å². The molecule has 1 aromatic carbocycles. The Balaban J connectivity index is 1.77. The summed E-state index contributed by atoms with van der Waals surface area (Å²) in [4.78, 5) is 2.25. The van der Waals surface area contributed by atoms with Gasteiger partial charge in [0.2, 0.25) is 0 Å². The average molecular weight is 293 g/mol. The number of hydrogen-bond acceptors (Lipinski definition) is 4. The van der Waals surface area contributed by atoms with Crippen molar-refractivity contribution in [2.75, 3.05) is 20.1 Å². The molecule has 4 nitrogen and oxygen atoms in total. The van der Waals surface area contributed by atoms with Crippen LogP contribution in [-0.2, 0) is 0 Å². The van der Waals surface area contributed by atoms with E-state index >= 15 is 0 Å². The van der Waals surface area contributed by atoms with Crippen LogP contribution >= 0.6 is 11.6 Å². The molecule has 5 heteroatoms. The second-order valence-electron chi connectivity index (χ2n) is 5.14. The van der Waals surface area contributed by atoms with Crippen LogP contribution in [0, 0.1) is 0 Å². The van der Waals surface area contributed by atoms with Gasteiger partial charge in [0.1, 0.15) is 6.10 Å². The Hall–Kier alpha value is -1.52. The molecule has 106 valence electrons. The summed E-state index contributed by atoms with van der Waals surface area (Å²) in [6.45, 7) is 2.01. The lowest BCUT2D eigenvalue weighted by atomic mass is 10.1. The lowest BCUT2D eigenvalue weighted by Crippen LogP contribution is -2.38. The van der Waals surface area contributed by atoms with E-state index in [1.54, 1.807) is 0 Å². The Bertz CT molecular complexity index is 571. The smallest absolute Gasteiger partial charge is 0.274 e. The fourth-order valence-corrected chi connectivity index (χ4v) is 2.70. The van der Waals surface area contributed by atoms with Crippen molar-refractivity contribution in [3.8, 4) is 17.2 Å². The lowest BCUT2D eigenvalue weighted by Gasteiger charge is -2.29. The average Bonchev–Trinajstić information content (AvgIpc) is 2.81. The molecule has 1 aliphatic heterocycles. The summed E-state index contributed by atoms with van der Waals surface area (Å²) in [7, 11) is 2.09. The van der Waals surface area contributed by atoms with Crippen molar-refractivity contribution in [3.63, 3.8) is 0 Å². The van der Waals surface area contributed by atoms with Gasteiger partial charge in [-0.3, -0.25) is 0 Å². The van der Waals surface area contributed by atoms with Crippen LogP contribution in [0.4, 0.5) is 0 Å². The summed E-state index contributed by atoms with van der Waals surface area (Å²) >= 11 is 6.32. The molecular formula is C15H17ClN2O2. The molecule has 1 saturated heterocycles. The molecule has 0 aliphatic carbocycles. The van der Waals surface area contributed by atoms with E-state index in [0.717, 1.165) is 31.5 Å². The Morgan fingerprint density at radius 3 is 2.90 bits per heavy atom. The van der Waals surface area contributed by atoms with Crippen molar-refractivity contribution >= 4 is 11.6 Å². The van der Waals surface area contributed by atoms with E-state index in [0.29, 0.717) is 16.7 Å². The van der Waals surface area contributed by atoms with Crippen LogP contribution in [0.1, 0.15) is 12.8 Å². The molecule has 2 heterocycles. The van der Waals surface area contributed by atoms with E-state index in [1.165, 1.54) is 0 Å². The van der Waals surface area contributed by atoms with Gasteiger partial charge in [-0.2, -0.15) is 0 Å². The van der Waals surface area contributed by atoms with Crippen LogP contribution in [0.5, 0.6) is 5.88 Å². The number of hydrogen-bond donors (Lipinski definition) is 0. The van der Waals surface area contributed by atoms with Gasteiger partial charge in [-0.15, -0.1) is 0 Å². The van der Waals surface area contributed by atoms with Crippen LogP contribution in [0.3, 0.4) is 0 Å². The molecule has 2 aromatic rings. The van der Waals surface area contributed by atoms with Crippen molar-refractivity contribution in [3.05, 3.63) is 35.4 Å². The SMILES string of the molecule is CN1CCCC(Oc2noc(-c3ccccc3)c2Cl)C1. The molecule has 1 unspecified atom stereocenters. The van der Waals surface area contributed by atoms with Gasteiger partial charge in [0.15, 0.2) is 10.8 Å². The van der Waals surface area contributed by atoms with Crippen molar-refractivity contribution in [1.29, 1.82) is 0 Å². The van der Waals surface area contributed by atoms with Gasteiger partial charge in [-0.25, -0.2) is 0 Å². The molecule has 0 N–H and O–H groups in total. The normalized spacial score (nSPS) is 20.0. The largest absolute Gasteiger partial charge is 0.470 e. The molecule has 0 bridgehead atoms. The van der Waals surface area contributed by atoms with Gasteiger partial charge in [-0.1, -0.05) is 41.9 Å². The van der Waals surface area contributed by atoms with Crippen LogP contribution in [0.25, 0.3) is 11.3 Å². The molecule has 0 amide bonds. The third kappa shape index (κ3) is 2.81. The minimum Gasteiger partial charge on any atom is -0.470 e. The number of aromatic nitrogens is 1. The fourth-order valence-electron chi connectivity index (χ4n) is 2.48. The lowest BCUT2D eigenvalue weighted by molar-refractivity contribution is 0.0964. The highest BCUT2D eigenvalue weighted by atomic mass is 35.5. The first-order valence-corrected chi connectivity index (χ1v) is 7.17. The zero-order valence-corrected chi connectivity index (χ0v) is 12.1. The first-order valence-electron chi connectivity index (χ1n) is 6.80. The maximum absolute atomic E-state index is 6.32. The third-order valence-electron chi connectivity index (χ3n) is 3.50. The molecule has 1 fully saturated rings. The molecule has 0 spiro atoms. The Morgan fingerprint density at radius 1 is 1.35 bits per heavy atom. The molecule has 20 heavy (non-hydrogen) atoms. The van der Waals surface area contributed by atoms with Gasteiger partial charge in [0.05, 0.1) is 0 Å². The number of ether oxygens (including phenoxy) is 1. The molecule has 1 aliphatic rings. The Morgan fingerprint density at radius 2 is 2.15 bits per heavy atom. The summed E-state index contributed by atoms with van der Waals surface area (Å²) in [5.74, 6) is 0.956. The first kappa shape index (κ1) is 13.5. The zero-order chi connectivity index (χ0) is 13.9. The molecule has 1 aromatic heterocycles. The number of rotatable bonds is 3. The molecule has 0 radical (unpaired) electrons. The number of nitrogens with zero attached hydrogens (tertiary/aromatic N) is 2. The molecular weight excluding hydrogens is 276 g/mol. The van der Waals surface area contributed by atoms with Gasteiger partial charge < -0.3 is 14.2 Å². The minimum atomic E-state index is 0.125. The van der Waals surface area contributed by atoms with Crippen molar-refractivity contribution in [1.82, 2.24) is 10.1 Å². The van der Waals surface area contributed by atoms with Crippen LogP contribution < -0.4 is 4.74 Å². The highest BCUT2D eigenvalue weighted by Gasteiger charge is 2.23. The number of piperidine rings is 1. The number of halogens is 1. The van der Waals surface area contributed by atoms with E-state index in [-0.39, 0.29) is 6.10 Å². The second kappa shape index (κ2) is 5.85. The number of benzene rings is 1. The minimum absolute atomic E-state index is 0.125. The van der Waals surface area contributed by atoms with E-state index in [1.807, 2.05) is 30.3 Å². The van der Waals surface area contributed by atoms with Crippen LogP contribution in [0.15, 0.2) is 34.9 Å². The first-order chi connectivity index (χ1) is 9.74. The summed E-state index contributed by atoms with van der Waals surface area (Å²) in [5.41, 5.74) is 0.903. The second-order valence-corrected chi connectivity index (χ2v) is 5.52. The molecule has 0 saturated carbocycles. The predicted octanol–water partition coefficient (Wildman–Crippen LogP) is 3.47. The summed E-state index contributed by atoms with van der Waals surface area (Å²) in [6, 6.07) is 9.69. The number of likely N-dealkylation sites (tertiary alicyclic amines) is 1. The quantitative estimate of drug-likeness (QED) is 0.868. The highest BCUT2D eigenvalue weighted by Crippen LogP contribution is 2.35. The van der Waals surface area contributed by atoms with Gasteiger partial charge in [-0.05, 0) is 31.6 Å². The maximum atomic E-state index is 6.32. The van der Waals surface area contributed by atoms with E-state index in [4.69, 9.17) is 20.9 Å².